The summed E-state index contributed by atoms with van der Waals surface area (Å²) in [6.45, 7) is 3.53. The Morgan fingerprint density at radius 2 is 1.92 bits per heavy atom. The third-order valence-electron chi connectivity index (χ3n) is 3.22. The lowest BCUT2D eigenvalue weighted by Crippen LogP contribution is -2.39. The van der Waals surface area contributed by atoms with E-state index in [1.807, 2.05) is 25.1 Å². The molecule has 1 amide bonds. The lowest BCUT2D eigenvalue weighted by Gasteiger charge is -2.11. The molecule has 0 radical (unpaired) electrons. The van der Waals surface area contributed by atoms with Crippen molar-refractivity contribution in [3.63, 3.8) is 0 Å². The van der Waals surface area contributed by atoms with Gasteiger partial charge in [-0.25, -0.2) is 4.99 Å². The molecule has 0 bridgehead atoms. The van der Waals surface area contributed by atoms with Gasteiger partial charge in [-0.1, -0.05) is 30.3 Å². The van der Waals surface area contributed by atoms with Gasteiger partial charge in [-0.2, -0.15) is 0 Å². The van der Waals surface area contributed by atoms with Gasteiger partial charge in [-0.3, -0.25) is 9.78 Å². The van der Waals surface area contributed by atoms with Crippen LogP contribution in [0.5, 0.6) is 0 Å². The number of hydrogen-bond donors (Lipinski definition) is 3. The summed E-state index contributed by atoms with van der Waals surface area (Å²) < 4.78 is 0. The molecule has 6 nitrogen and oxygen atoms in total. The van der Waals surface area contributed by atoms with Gasteiger partial charge in [-0.05, 0) is 31.0 Å². The Hall–Kier alpha value is -2.16. The van der Waals surface area contributed by atoms with Gasteiger partial charge >= 0.3 is 0 Å². The van der Waals surface area contributed by atoms with Crippen LogP contribution in [-0.2, 0) is 11.2 Å². The average Bonchev–Trinajstić information content (AvgIpc) is 2.61. The van der Waals surface area contributed by atoms with E-state index in [1.54, 1.807) is 24.5 Å². The van der Waals surface area contributed by atoms with Crippen LogP contribution in [0.4, 0.5) is 5.69 Å². The van der Waals surface area contributed by atoms with Crippen LogP contribution in [0.3, 0.4) is 0 Å². The minimum atomic E-state index is -0.178. The van der Waals surface area contributed by atoms with Crippen LogP contribution in [0, 0.1) is 0 Å². The Morgan fingerprint density at radius 3 is 2.60 bits per heavy atom. The van der Waals surface area contributed by atoms with E-state index < -0.39 is 0 Å². The van der Waals surface area contributed by atoms with Crippen LogP contribution >= 0.6 is 24.0 Å². The number of hydrogen-bond acceptors (Lipinski definition) is 3. The van der Waals surface area contributed by atoms with Crippen LogP contribution in [0.15, 0.2) is 59.9 Å². The molecule has 1 aromatic heterocycles. The second kappa shape index (κ2) is 12.2. The van der Waals surface area contributed by atoms with Crippen molar-refractivity contribution in [2.75, 3.05) is 25.0 Å². The number of aromatic nitrogens is 1. The zero-order valence-electron chi connectivity index (χ0n) is 14.2. The van der Waals surface area contributed by atoms with Crippen molar-refractivity contribution < 1.29 is 4.79 Å². The normalized spacial score (nSPS) is 10.5. The third kappa shape index (κ3) is 8.48. The van der Waals surface area contributed by atoms with Crippen molar-refractivity contribution in [1.82, 2.24) is 15.6 Å². The molecule has 0 aliphatic heterocycles. The average molecular weight is 453 g/mol. The van der Waals surface area contributed by atoms with Crippen molar-refractivity contribution in [2.24, 2.45) is 4.99 Å². The molecule has 2 aromatic rings. The number of carbonyl (C=O) groups excluding carboxylic acids is 1. The standard InChI is InChI=1S/C18H23N5O.HI/c1-2-20-18(21-12-10-15-7-4-3-5-8-15)22-14-17(24)23-16-9-6-11-19-13-16;/h3-9,11,13H,2,10,12,14H2,1H3,(H,23,24)(H2,20,21,22);1H. The quantitative estimate of drug-likeness (QED) is 0.342. The second-order valence-electron chi connectivity index (χ2n) is 5.15. The van der Waals surface area contributed by atoms with Gasteiger partial charge < -0.3 is 16.0 Å². The molecule has 134 valence electrons. The molecule has 1 aromatic carbocycles. The molecule has 0 aliphatic rings. The summed E-state index contributed by atoms with van der Waals surface area (Å²) in [5.74, 6) is 0.457. The zero-order valence-corrected chi connectivity index (χ0v) is 16.6. The number of benzene rings is 1. The zero-order chi connectivity index (χ0) is 17.0. The Kier molecular flexibility index (Phi) is 10.2. The number of carbonyl (C=O) groups is 1. The molecule has 0 saturated heterocycles. The summed E-state index contributed by atoms with van der Waals surface area (Å²) in [5.41, 5.74) is 1.93. The minimum absolute atomic E-state index is 0. The molecular formula is C18H24IN5O. The van der Waals surface area contributed by atoms with Crippen LogP contribution in [0.1, 0.15) is 12.5 Å². The maximum atomic E-state index is 11.9. The third-order valence-corrected chi connectivity index (χ3v) is 3.22. The first-order valence-corrected chi connectivity index (χ1v) is 8.04. The number of rotatable bonds is 7. The van der Waals surface area contributed by atoms with Gasteiger partial charge in [0.05, 0.1) is 11.9 Å². The Balaban J connectivity index is 0.00000312. The highest BCUT2D eigenvalue weighted by Crippen LogP contribution is 2.02. The molecule has 2 rings (SSSR count). The largest absolute Gasteiger partial charge is 0.357 e. The predicted molar refractivity (Wildman–Crippen MR) is 112 cm³/mol. The van der Waals surface area contributed by atoms with Gasteiger partial charge in [0.15, 0.2) is 5.96 Å². The second-order valence-corrected chi connectivity index (χ2v) is 5.15. The molecule has 7 heteroatoms. The van der Waals surface area contributed by atoms with E-state index in [4.69, 9.17) is 0 Å². The summed E-state index contributed by atoms with van der Waals surface area (Å²) >= 11 is 0. The maximum absolute atomic E-state index is 11.9. The van der Waals surface area contributed by atoms with E-state index in [9.17, 15) is 4.79 Å². The van der Waals surface area contributed by atoms with E-state index in [2.05, 4.69) is 38.1 Å². The molecule has 25 heavy (non-hydrogen) atoms. The maximum Gasteiger partial charge on any atom is 0.246 e. The van der Waals surface area contributed by atoms with Gasteiger partial charge in [-0.15, -0.1) is 24.0 Å². The van der Waals surface area contributed by atoms with E-state index >= 15 is 0 Å². The van der Waals surface area contributed by atoms with Crippen molar-refractivity contribution in [2.45, 2.75) is 13.3 Å². The lowest BCUT2D eigenvalue weighted by atomic mass is 10.1. The summed E-state index contributed by atoms with van der Waals surface area (Å²) in [6, 6.07) is 13.8. The smallest absolute Gasteiger partial charge is 0.246 e. The molecule has 0 unspecified atom stereocenters. The Bertz CT molecular complexity index is 649. The van der Waals surface area contributed by atoms with Crippen molar-refractivity contribution >= 4 is 41.5 Å². The molecule has 0 aliphatic carbocycles. The van der Waals surface area contributed by atoms with Crippen molar-refractivity contribution in [3.05, 3.63) is 60.4 Å². The SMILES string of the molecule is CCNC(=NCC(=O)Nc1cccnc1)NCCc1ccccc1.I. The van der Waals surface area contributed by atoms with Crippen LogP contribution < -0.4 is 16.0 Å². The number of guanidine groups is 1. The molecular weight excluding hydrogens is 429 g/mol. The minimum Gasteiger partial charge on any atom is -0.357 e. The molecule has 1 heterocycles. The molecule has 3 N–H and O–H groups in total. The summed E-state index contributed by atoms with van der Waals surface area (Å²) in [4.78, 5) is 20.2. The van der Waals surface area contributed by atoms with Crippen LogP contribution in [0.2, 0.25) is 0 Å². The molecule has 0 fully saturated rings. The summed E-state index contributed by atoms with van der Waals surface area (Å²) in [6.07, 6.45) is 4.16. The topological polar surface area (TPSA) is 78.4 Å². The van der Waals surface area contributed by atoms with E-state index in [0.717, 1.165) is 19.5 Å². The van der Waals surface area contributed by atoms with Gasteiger partial charge in [0.1, 0.15) is 6.54 Å². The van der Waals surface area contributed by atoms with Crippen LogP contribution in [0.25, 0.3) is 0 Å². The van der Waals surface area contributed by atoms with Gasteiger partial charge in [0.25, 0.3) is 0 Å². The highest BCUT2D eigenvalue weighted by Gasteiger charge is 2.03. The fourth-order valence-electron chi connectivity index (χ4n) is 2.10. The summed E-state index contributed by atoms with van der Waals surface area (Å²) in [7, 11) is 0. The van der Waals surface area contributed by atoms with E-state index in [0.29, 0.717) is 11.6 Å². The Labute approximate surface area is 165 Å². The number of amides is 1. The first-order chi connectivity index (χ1) is 11.8. The number of nitrogens with one attached hydrogen (secondary N) is 3. The van der Waals surface area contributed by atoms with E-state index in [1.165, 1.54) is 5.56 Å². The monoisotopic (exact) mass is 453 g/mol. The first kappa shape index (κ1) is 20.9. The number of aliphatic imine (C=N–C) groups is 1. The number of pyridine rings is 1. The highest BCUT2D eigenvalue weighted by molar-refractivity contribution is 14.0. The molecule has 0 spiro atoms. The molecule has 0 atom stereocenters. The number of nitrogens with zero attached hydrogens (tertiary/aromatic N) is 2. The molecule has 0 saturated carbocycles. The van der Waals surface area contributed by atoms with Crippen LogP contribution in [-0.4, -0.2) is 36.5 Å². The summed E-state index contributed by atoms with van der Waals surface area (Å²) in [5, 5.41) is 9.13. The Morgan fingerprint density at radius 1 is 1.12 bits per heavy atom. The highest BCUT2D eigenvalue weighted by atomic mass is 127. The fraction of sp³-hybridized carbons (Fsp3) is 0.278. The predicted octanol–water partition coefficient (Wildman–Crippen LogP) is 2.44. The van der Waals surface area contributed by atoms with Crippen molar-refractivity contribution in [1.29, 1.82) is 0 Å². The number of halogens is 1. The fourth-order valence-corrected chi connectivity index (χ4v) is 2.10. The first-order valence-electron chi connectivity index (χ1n) is 8.04. The lowest BCUT2D eigenvalue weighted by molar-refractivity contribution is -0.114. The van der Waals surface area contributed by atoms with E-state index in [-0.39, 0.29) is 36.4 Å². The number of anilines is 1. The van der Waals surface area contributed by atoms with Gasteiger partial charge in [0, 0.05) is 19.3 Å². The van der Waals surface area contributed by atoms with Gasteiger partial charge in [0.2, 0.25) is 5.91 Å². The van der Waals surface area contributed by atoms with Crippen molar-refractivity contribution in [3.8, 4) is 0 Å².